The highest BCUT2D eigenvalue weighted by Crippen LogP contribution is 2.27. The lowest BCUT2D eigenvalue weighted by Crippen LogP contribution is -2.14. The number of likely N-dealkylation sites (N-methyl/N-ethyl adjacent to an activating group) is 1. The van der Waals surface area contributed by atoms with E-state index in [0.717, 1.165) is 24.1 Å². The largest absolute Gasteiger partial charge is 0.504 e. The first-order valence-corrected chi connectivity index (χ1v) is 5.02. The number of aromatic hydroxyl groups is 1. The van der Waals surface area contributed by atoms with Crippen molar-refractivity contribution in [3.8, 4) is 5.75 Å². The van der Waals surface area contributed by atoms with Crippen molar-refractivity contribution in [2.45, 2.75) is 6.42 Å². The Morgan fingerprint density at radius 2 is 2.13 bits per heavy atom. The molecule has 0 aliphatic heterocycles. The quantitative estimate of drug-likeness (QED) is 0.834. The summed E-state index contributed by atoms with van der Waals surface area (Å²) in [4.78, 5) is 2.10. The fourth-order valence-corrected chi connectivity index (χ4v) is 1.56. The third kappa shape index (κ3) is 2.13. The molecular weight excluding hydrogens is 190 g/mol. The van der Waals surface area contributed by atoms with Crippen LogP contribution in [0.25, 0.3) is 11.0 Å². The summed E-state index contributed by atoms with van der Waals surface area (Å²) >= 11 is 0. The fraction of sp³-hybridized carbons (Fsp3) is 0.333. The Morgan fingerprint density at radius 1 is 1.33 bits per heavy atom. The molecule has 15 heavy (non-hydrogen) atoms. The molecule has 0 saturated carbocycles. The molecule has 0 saturated heterocycles. The Labute approximate surface area is 88.9 Å². The first-order valence-electron chi connectivity index (χ1n) is 5.02. The van der Waals surface area contributed by atoms with E-state index in [0.29, 0.717) is 5.58 Å². The molecule has 3 nitrogen and oxygen atoms in total. The molecule has 0 spiro atoms. The van der Waals surface area contributed by atoms with Crippen molar-refractivity contribution in [1.82, 2.24) is 4.90 Å². The minimum absolute atomic E-state index is 0.212. The van der Waals surface area contributed by atoms with Gasteiger partial charge in [0.2, 0.25) is 0 Å². The summed E-state index contributed by atoms with van der Waals surface area (Å²) in [5.74, 6) is 1.13. The molecule has 0 fully saturated rings. The normalized spacial score (nSPS) is 11.4. The van der Waals surface area contributed by atoms with E-state index >= 15 is 0 Å². The third-order valence-electron chi connectivity index (χ3n) is 2.38. The van der Waals surface area contributed by atoms with E-state index in [1.807, 2.05) is 32.3 Å². The number of furan rings is 1. The molecular formula is C12H15NO2. The van der Waals surface area contributed by atoms with Crippen LogP contribution in [0.15, 0.2) is 28.7 Å². The lowest BCUT2D eigenvalue weighted by molar-refractivity contribution is 0.392. The number of hydrogen-bond donors (Lipinski definition) is 1. The van der Waals surface area contributed by atoms with Gasteiger partial charge < -0.3 is 14.4 Å². The molecule has 1 N–H and O–H groups in total. The van der Waals surface area contributed by atoms with Gasteiger partial charge in [-0.05, 0) is 26.2 Å². The molecule has 0 radical (unpaired) electrons. The molecule has 2 aromatic rings. The number of hydrogen-bond acceptors (Lipinski definition) is 3. The fourth-order valence-electron chi connectivity index (χ4n) is 1.56. The molecule has 1 aromatic heterocycles. The highest BCUT2D eigenvalue weighted by atomic mass is 16.4. The number of nitrogens with zero attached hydrogens (tertiary/aromatic N) is 1. The Kier molecular flexibility index (Phi) is 2.64. The zero-order valence-electron chi connectivity index (χ0n) is 9.03. The molecule has 1 aromatic carbocycles. The van der Waals surface area contributed by atoms with Crippen LogP contribution in [0.4, 0.5) is 0 Å². The predicted molar refractivity (Wildman–Crippen MR) is 60.1 cm³/mol. The van der Waals surface area contributed by atoms with E-state index in [-0.39, 0.29) is 5.75 Å². The highest BCUT2D eigenvalue weighted by Gasteiger charge is 2.07. The van der Waals surface area contributed by atoms with Crippen molar-refractivity contribution in [3.63, 3.8) is 0 Å². The summed E-state index contributed by atoms with van der Waals surface area (Å²) in [5.41, 5.74) is 0.589. The molecule has 0 unspecified atom stereocenters. The Balaban J connectivity index is 2.27. The van der Waals surface area contributed by atoms with Gasteiger partial charge >= 0.3 is 0 Å². The van der Waals surface area contributed by atoms with Crippen molar-refractivity contribution in [2.75, 3.05) is 20.6 Å². The van der Waals surface area contributed by atoms with Crippen molar-refractivity contribution < 1.29 is 9.52 Å². The van der Waals surface area contributed by atoms with Crippen molar-refractivity contribution in [3.05, 3.63) is 30.0 Å². The standard InChI is InChI=1S/C12H15NO2/c1-13(2)7-6-10-8-9-4-3-5-11(14)12(9)15-10/h3-5,8,14H,6-7H2,1-2H3. The second-order valence-electron chi connectivity index (χ2n) is 3.96. The molecule has 0 aliphatic rings. The summed E-state index contributed by atoms with van der Waals surface area (Å²) < 4.78 is 5.57. The van der Waals surface area contributed by atoms with Crippen LogP contribution < -0.4 is 0 Å². The molecule has 80 valence electrons. The smallest absolute Gasteiger partial charge is 0.175 e. The first kappa shape index (κ1) is 10.1. The zero-order valence-corrected chi connectivity index (χ0v) is 9.03. The van der Waals surface area contributed by atoms with Crippen LogP contribution >= 0.6 is 0 Å². The first-order chi connectivity index (χ1) is 7.16. The number of rotatable bonds is 3. The van der Waals surface area contributed by atoms with Gasteiger partial charge in [-0.15, -0.1) is 0 Å². The van der Waals surface area contributed by atoms with Crippen molar-refractivity contribution >= 4 is 11.0 Å². The van der Waals surface area contributed by atoms with Gasteiger partial charge in [-0.2, -0.15) is 0 Å². The van der Waals surface area contributed by atoms with E-state index < -0.39 is 0 Å². The number of phenols is 1. The van der Waals surface area contributed by atoms with Crippen LogP contribution in [0.1, 0.15) is 5.76 Å². The average molecular weight is 205 g/mol. The van der Waals surface area contributed by atoms with E-state index in [1.54, 1.807) is 6.07 Å². The van der Waals surface area contributed by atoms with E-state index in [4.69, 9.17) is 4.42 Å². The molecule has 0 amide bonds. The number of para-hydroxylation sites is 1. The molecule has 0 atom stereocenters. The monoisotopic (exact) mass is 205 g/mol. The number of phenolic OH excluding ortho intramolecular Hbond substituents is 1. The zero-order chi connectivity index (χ0) is 10.8. The Morgan fingerprint density at radius 3 is 2.80 bits per heavy atom. The average Bonchev–Trinajstić information content (AvgIpc) is 2.59. The van der Waals surface area contributed by atoms with Crippen LogP contribution in [-0.4, -0.2) is 30.6 Å². The second-order valence-corrected chi connectivity index (χ2v) is 3.96. The maximum Gasteiger partial charge on any atom is 0.175 e. The van der Waals surface area contributed by atoms with Crippen molar-refractivity contribution in [1.29, 1.82) is 0 Å². The van der Waals surface area contributed by atoms with E-state index in [1.165, 1.54) is 0 Å². The second kappa shape index (κ2) is 3.95. The minimum atomic E-state index is 0.212. The number of fused-ring (bicyclic) bond motifs is 1. The molecule has 1 heterocycles. The molecule has 0 aliphatic carbocycles. The molecule has 3 heteroatoms. The Hall–Kier alpha value is -1.48. The van der Waals surface area contributed by atoms with Crippen LogP contribution in [0, 0.1) is 0 Å². The van der Waals surface area contributed by atoms with Gasteiger partial charge in [0, 0.05) is 18.4 Å². The molecule has 0 bridgehead atoms. The third-order valence-corrected chi connectivity index (χ3v) is 2.38. The SMILES string of the molecule is CN(C)CCc1cc2cccc(O)c2o1. The van der Waals surface area contributed by atoms with Gasteiger partial charge in [-0.1, -0.05) is 12.1 Å². The van der Waals surface area contributed by atoms with Crippen molar-refractivity contribution in [2.24, 2.45) is 0 Å². The van der Waals surface area contributed by atoms with Crippen LogP contribution in [-0.2, 0) is 6.42 Å². The Bertz CT molecular complexity index is 460. The van der Waals surface area contributed by atoms with Crippen LogP contribution in [0.2, 0.25) is 0 Å². The number of benzene rings is 1. The maximum atomic E-state index is 9.56. The summed E-state index contributed by atoms with van der Waals surface area (Å²) in [5, 5.41) is 10.5. The summed E-state index contributed by atoms with van der Waals surface area (Å²) in [7, 11) is 4.06. The highest BCUT2D eigenvalue weighted by molar-refractivity contribution is 5.83. The lowest BCUT2D eigenvalue weighted by Gasteiger charge is -2.06. The van der Waals surface area contributed by atoms with Gasteiger partial charge in [-0.3, -0.25) is 0 Å². The van der Waals surface area contributed by atoms with Gasteiger partial charge in [0.15, 0.2) is 11.3 Å². The lowest BCUT2D eigenvalue weighted by atomic mass is 10.2. The maximum absolute atomic E-state index is 9.56. The minimum Gasteiger partial charge on any atom is -0.504 e. The van der Waals surface area contributed by atoms with Crippen LogP contribution in [0.5, 0.6) is 5.75 Å². The topological polar surface area (TPSA) is 36.6 Å². The molecule has 2 rings (SSSR count). The summed E-state index contributed by atoms with van der Waals surface area (Å²) in [6.45, 7) is 0.945. The summed E-state index contributed by atoms with van der Waals surface area (Å²) in [6, 6.07) is 7.39. The van der Waals surface area contributed by atoms with Gasteiger partial charge in [-0.25, -0.2) is 0 Å². The van der Waals surface area contributed by atoms with E-state index in [2.05, 4.69) is 4.90 Å². The van der Waals surface area contributed by atoms with E-state index in [9.17, 15) is 5.11 Å². The van der Waals surface area contributed by atoms with Gasteiger partial charge in [0.25, 0.3) is 0 Å². The summed E-state index contributed by atoms with van der Waals surface area (Å²) in [6.07, 6.45) is 0.862. The van der Waals surface area contributed by atoms with Gasteiger partial charge in [0.1, 0.15) is 5.76 Å². The predicted octanol–water partition coefficient (Wildman–Crippen LogP) is 2.24. The van der Waals surface area contributed by atoms with Crippen LogP contribution in [0.3, 0.4) is 0 Å². The van der Waals surface area contributed by atoms with Gasteiger partial charge in [0.05, 0.1) is 0 Å².